The molecule has 6 rings (SSSR count). The third kappa shape index (κ3) is 3.86. The van der Waals surface area contributed by atoms with Crippen molar-refractivity contribution in [3.05, 3.63) is 89.0 Å². The first-order valence-corrected chi connectivity index (χ1v) is 11.6. The van der Waals surface area contributed by atoms with Gasteiger partial charge in [-0.3, -0.25) is 14.3 Å². The van der Waals surface area contributed by atoms with Crippen LogP contribution in [0.5, 0.6) is 0 Å². The molecule has 0 radical (unpaired) electrons. The van der Waals surface area contributed by atoms with Gasteiger partial charge in [-0.15, -0.1) is 0 Å². The zero-order valence-corrected chi connectivity index (χ0v) is 19.0. The number of nitrogens with zero attached hydrogens (tertiary/aromatic N) is 5. The van der Waals surface area contributed by atoms with E-state index < -0.39 is 17.3 Å². The molecule has 1 fully saturated rings. The Morgan fingerprint density at radius 3 is 2.44 bits per heavy atom. The summed E-state index contributed by atoms with van der Waals surface area (Å²) in [5.74, 6) is 0.919. The second-order valence-electron chi connectivity index (χ2n) is 8.78. The van der Waals surface area contributed by atoms with Gasteiger partial charge in [-0.25, -0.2) is 9.97 Å². The van der Waals surface area contributed by atoms with Gasteiger partial charge in [-0.1, -0.05) is 6.07 Å². The average molecular weight is 487 g/mol. The molecule has 0 unspecified atom stereocenters. The van der Waals surface area contributed by atoms with Crippen LogP contribution < -0.4 is 10.5 Å². The van der Waals surface area contributed by atoms with Crippen molar-refractivity contribution in [3.63, 3.8) is 0 Å². The van der Waals surface area contributed by atoms with E-state index in [4.69, 9.17) is 4.98 Å². The van der Waals surface area contributed by atoms with E-state index in [1.807, 2.05) is 18.2 Å². The summed E-state index contributed by atoms with van der Waals surface area (Å²) in [6, 6.07) is 15.2. The molecule has 5 heterocycles. The summed E-state index contributed by atoms with van der Waals surface area (Å²) in [4.78, 5) is 29.1. The normalized spacial score (nSPS) is 14.1. The van der Waals surface area contributed by atoms with Crippen molar-refractivity contribution in [2.75, 3.05) is 18.0 Å². The van der Waals surface area contributed by atoms with E-state index in [0.29, 0.717) is 27.6 Å². The summed E-state index contributed by atoms with van der Waals surface area (Å²) in [6.45, 7) is 1.98. The van der Waals surface area contributed by atoms with Gasteiger partial charge in [-0.05, 0) is 61.4 Å². The molecule has 9 heteroatoms. The quantitative estimate of drug-likeness (QED) is 0.309. The van der Waals surface area contributed by atoms with Crippen LogP contribution in [0.1, 0.15) is 18.4 Å². The number of hydrogen-bond acceptors (Lipinski definition) is 5. The number of pyridine rings is 4. The van der Waals surface area contributed by atoms with Crippen molar-refractivity contribution >= 4 is 27.8 Å². The van der Waals surface area contributed by atoms with Crippen molar-refractivity contribution in [2.45, 2.75) is 19.0 Å². The number of anilines is 1. The van der Waals surface area contributed by atoms with Crippen LogP contribution in [-0.2, 0) is 6.18 Å². The Morgan fingerprint density at radius 1 is 0.861 bits per heavy atom. The maximum absolute atomic E-state index is 13.4. The lowest BCUT2D eigenvalue weighted by Gasteiger charge is -2.16. The van der Waals surface area contributed by atoms with Gasteiger partial charge >= 0.3 is 6.18 Å². The molecule has 1 aromatic carbocycles. The number of fused-ring (bicyclic) bond motifs is 3. The van der Waals surface area contributed by atoms with Crippen LogP contribution in [0, 0.1) is 0 Å². The fourth-order valence-corrected chi connectivity index (χ4v) is 4.68. The van der Waals surface area contributed by atoms with E-state index in [1.165, 1.54) is 22.8 Å². The van der Waals surface area contributed by atoms with Crippen LogP contribution >= 0.6 is 0 Å². The van der Waals surface area contributed by atoms with Crippen LogP contribution in [0.4, 0.5) is 19.0 Å². The van der Waals surface area contributed by atoms with Crippen LogP contribution in [-0.4, -0.2) is 32.6 Å². The van der Waals surface area contributed by atoms with Crippen molar-refractivity contribution in [1.82, 2.24) is 19.5 Å². The van der Waals surface area contributed by atoms with E-state index >= 15 is 0 Å². The molecule has 4 aromatic heterocycles. The molecule has 1 aliphatic heterocycles. The number of hydrogen-bond donors (Lipinski definition) is 0. The maximum Gasteiger partial charge on any atom is 0.416 e. The molecule has 0 N–H and O–H groups in total. The molecule has 36 heavy (non-hydrogen) atoms. The van der Waals surface area contributed by atoms with Gasteiger partial charge < -0.3 is 4.90 Å². The second kappa shape index (κ2) is 8.44. The van der Waals surface area contributed by atoms with E-state index in [2.05, 4.69) is 14.9 Å². The highest BCUT2D eigenvalue weighted by molar-refractivity contribution is 6.02. The summed E-state index contributed by atoms with van der Waals surface area (Å²) >= 11 is 0. The standard InChI is InChI=1S/C27H20F3N5O/c28-27(29,30)19-4-3-5-20(14-19)35-24(36)11-7-18-16-31-22-9-8-21(33-25(22)26(18)35)17-6-10-23(32-15-17)34-12-1-2-13-34/h3-11,14-16H,1-2,12-13H2. The molecular weight excluding hydrogens is 467 g/mol. The maximum atomic E-state index is 13.4. The Balaban J connectivity index is 1.54. The Morgan fingerprint density at radius 2 is 1.69 bits per heavy atom. The summed E-state index contributed by atoms with van der Waals surface area (Å²) in [5, 5.41) is 0.590. The number of halogens is 3. The fourth-order valence-electron chi connectivity index (χ4n) is 4.68. The highest BCUT2D eigenvalue weighted by atomic mass is 19.4. The molecule has 0 saturated carbocycles. The third-order valence-corrected chi connectivity index (χ3v) is 6.47. The highest BCUT2D eigenvalue weighted by Gasteiger charge is 2.30. The molecule has 5 aromatic rings. The molecule has 0 bridgehead atoms. The van der Waals surface area contributed by atoms with Gasteiger partial charge in [0, 0.05) is 48.2 Å². The smallest absolute Gasteiger partial charge is 0.357 e. The van der Waals surface area contributed by atoms with Crippen LogP contribution in [0.2, 0.25) is 0 Å². The van der Waals surface area contributed by atoms with Crippen molar-refractivity contribution in [3.8, 4) is 16.9 Å². The predicted molar refractivity (Wildman–Crippen MR) is 132 cm³/mol. The van der Waals surface area contributed by atoms with Crippen molar-refractivity contribution in [2.24, 2.45) is 0 Å². The third-order valence-electron chi connectivity index (χ3n) is 6.47. The SMILES string of the molecule is O=c1ccc2cnc3ccc(-c4ccc(N5CCCC5)nc4)nc3c2n1-c1cccc(C(F)(F)F)c1. The van der Waals surface area contributed by atoms with E-state index in [0.717, 1.165) is 49.4 Å². The summed E-state index contributed by atoms with van der Waals surface area (Å²) < 4.78 is 41.5. The lowest BCUT2D eigenvalue weighted by atomic mass is 10.1. The Bertz CT molecular complexity index is 1660. The first-order chi connectivity index (χ1) is 17.4. The molecule has 6 nitrogen and oxygen atoms in total. The molecule has 0 aliphatic carbocycles. The zero-order valence-electron chi connectivity index (χ0n) is 19.0. The van der Waals surface area contributed by atoms with E-state index in [-0.39, 0.29) is 5.69 Å². The lowest BCUT2D eigenvalue weighted by Crippen LogP contribution is -2.19. The van der Waals surface area contributed by atoms with Gasteiger partial charge in [0.2, 0.25) is 0 Å². The summed E-state index contributed by atoms with van der Waals surface area (Å²) in [6.07, 6.45) is 1.13. The van der Waals surface area contributed by atoms with Crippen LogP contribution in [0.25, 0.3) is 38.9 Å². The molecular formula is C27H20F3N5O. The summed E-state index contributed by atoms with van der Waals surface area (Å²) in [7, 11) is 0. The summed E-state index contributed by atoms with van der Waals surface area (Å²) in [5.41, 5.74) is 1.58. The predicted octanol–water partition coefficient (Wildman–Crippen LogP) is 5.61. The minimum atomic E-state index is -4.53. The minimum Gasteiger partial charge on any atom is -0.357 e. The van der Waals surface area contributed by atoms with E-state index in [9.17, 15) is 18.0 Å². The first kappa shape index (κ1) is 22.2. The van der Waals surface area contributed by atoms with Gasteiger partial charge in [-0.2, -0.15) is 13.2 Å². The zero-order chi connectivity index (χ0) is 24.9. The van der Waals surface area contributed by atoms with E-state index in [1.54, 1.807) is 24.5 Å². The number of alkyl halides is 3. The van der Waals surface area contributed by atoms with Crippen molar-refractivity contribution in [1.29, 1.82) is 0 Å². The average Bonchev–Trinajstić information content (AvgIpc) is 3.43. The Labute approximate surface area is 203 Å². The molecule has 180 valence electrons. The Hall–Kier alpha value is -4.27. The number of rotatable bonds is 3. The highest BCUT2D eigenvalue weighted by Crippen LogP contribution is 2.32. The second-order valence-corrected chi connectivity index (χ2v) is 8.78. The molecule has 1 aliphatic rings. The molecule has 0 atom stereocenters. The molecule has 0 amide bonds. The van der Waals surface area contributed by atoms with Gasteiger partial charge in [0.05, 0.1) is 22.3 Å². The topological polar surface area (TPSA) is 63.9 Å². The van der Waals surface area contributed by atoms with Crippen molar-refractivity contribution < 1.29 is 13.2 Å². The number of benzene rings is 1. The van der Waals surface area contributed by atoms with Crippen LogP contribution in [0.15, 0.2) is 77.9 Å². The monoisotopic (exact) mass is 487 g/mol. The number of aromatic nitrogens is 4. The largest absolute Gasteiger partial charge is 0.416 e. The lowest BCUT2D eigenvalue weighted by molar-refractivity contribution is -0.137. The van der Waals surface area contributed by atoms with Crippen LogP contribution in [0.3, 0.4) is 0 Å². The first-order valence-electron chi connectivity index (χ1n) is 11.6. The van der Waals surface area contributed by atoms with Gasteiger partial charge in [0.1, 0.15) is 11.3 Å². The minimum absolute atomic E-state index is 0.108. The molecule has 1 saturated heterocycles. The fraction of sp³-hybridized carbons (Fsp3) is 0.185. The molecule has 0 spiro atoms. The van der Waals surface area contributed by atoms with Gasteiger partial charge in [0.25, 0.3) is 5.56 Å². The van der Waals surface area contributed by atoms with Gasteiger partial charge in [0.15, 0.2) is 0 Å². The Kier molecular flexibility index (Phi) is 5.21.